The van der Waals surface area contributed by atoms with E-state index in [-0.39, 0.29) is 17.7 Å². The van der Waals surface area contributed by atoms with Gasteiger partial charge in [-0.15, -0.1) is 0 Å². The van der Waals surface area contributed by atoms with Crippen molar-refractivity contribution in [2.24, 2.45) is 5.92 Å². The van der Waals surface area contributed by atoms with Crippen molar-refractivity contribution in [3.05, 3.63) is 33.8 Å². The van der Waals surface area contributed by atoms with Gasteiger partial charge in [0.2, 0.25) is 5.91 Å². The van der Waals surface area contributed by atoms with Gasteiger partial charge < -0.3 is 5.32 Å². The number of benzene rings is 1. The van der Waals surface area contributed by atoms with E-state index in [2.05, 4.69) is 5.32 Å². The first-order chi connectivity index (χ1) is 8.11. The van der Waals surface area contributed by atoms with Gasteiger partial charge in [0, 0.05) is 22.5 Å². The molecule has 0 spiro atoms. The van der Waals surface area contributed by atoms with E-state index in [9.17, 15) is 4.79 Å². The van der Waals surface area contributed by atoms with Gasteiger partial charge in [0.05, 0.1) is 0 Å². The Hall–Kier alpha value is -0.730. The van der Waals surface area contributed by atoms with Crippen LogP contribution in [0.15, 0.2) is 18.2 Å². The fourth-order valence-electron chi connectivity index (χ4n) is 2.02. The highest BCUT2D eigenvalue weighted by atomic mass is 35.5. The predicted octanol–water partition coefficient (Wildman–Crippen LogP) is 3.62. The zero-order valence-electron chi connectivity index (χ0n) is 9.67. The fraction of sp³-hybridized carbons (Fsp3) is 0.462. The number of hydrogen-bond acceptors (Lipinski definition) is 1. The molecule has 2 atom stereocenters. The number of carbonyl (C=O) groups excluding carboxylic acids is 1. The molecule has 2 unspecified atom stereocenters. The third-order valence-corrected chi connectivity index (χ3v) is 3.43. The van der Waals surface area contributed by atoms with E-state index in [0.717, 1.165) is 24.9 Å². The highest BCUT2D eigenvalue weighted by Crippen LogP contribution is 2.48. The lowest BCUT2D eigenvalue weighted by Gasteiger charge is -2.04. The van der Waals surface area contributed by atoms with Gasteiger partial charge in [-0.1, -0.05) is 30.1 Å². The number of nitrogens with one attached hydrogen (secondary N) is 1. The summed E-state index contributed by atoms with van der Waals surface area (Å²) in [5, 5.41) is 4.18. The number of halogens is 2. The Morgan fingerprint density at radius 2 is 2.00 bits per heavy atom. The molecule has 0 saturated heterocycles. The zero-order valence-corrected chi connectivity index (χ0v) is 11.2. The standard InChI is InChI=1S/C13H15Cl2NO/c1-2-3-16-13(17)12-7-11(12)8-4-9(14)6-10(15)5-8/h4-6,11-12H,2-3,7H2,1H3,(H,16,17). The van der Waals surface area contributed by atoms with Gasteiger partial charge in [-0.05, 0) is 42.5 Å². The topological polar surface area (TPSA) is 29.1 Å². The van der Waals surface area contributed by atoms with E-state index in [1.165, 1.54) is 0 Å². The summed E-state index contributed by atoms with van der Waals surface area (Å²) in [4.78, 5) is 11.7. The summed E-state index contributed by atoms with van der Waals surface area (Å²) in [5.74, 6) is 0.520. The Morgan fingerprint density at radius 3 is 2.59 bits per heavy atom. The van der Waals surface area contributed by atoms with Crippen LogP contribution in [0.4, 0.5) is 0 Å². The second-order valence-electron chi connectivity index (χ2n) is 4.44. The highest BCUT2D eigenvalue weighted by molar-refractivity contribution is 6.34. The first-order valence-electron chi connectivity index (χ1n) is 5.85. The second kappa shape index (κ2) is 5.28. The Balaban J connectivity index is 2.00. The summed E-state index contributed by atoms with van der Waals surface area (Å²) in [6, 6.07) is 5.50. The Kier molecular flexibility index (Phi) is 3.95. The molecule has 1 fully saturated rings. The van der Waals surface area contributed by atoms with Gasteiger partial charge in [-0.25, -0.2) is 0 Å². The molecule has 0 bridgehead atoms. The summed E-state index contributed by atoms with van der Waals surface area (Å²) in [6.07, 6.45) is 1.86. The van der Waals surface area contributed by atoms with Crippen molar-refractivity contribution in [3.8, 4) is 0 Å². The van der Waals surface area contributed by atoms with Crippen molar-refractivity contribution in [2.75, 3.05) is 6.54 Å². The minimum Gasteiger partial charge on any atom is -0.356 e. The molecule has 1 amide bonds. The lowest BCUT2D eigenvalue weighted by atomic mass is 10.1. The molecule has 17 heavy (non-hydrogen) atoms. The normalized spacial score (nSPS) is 22.3. The van der Waals surface area contributed by atoms with Crippen molar-refractivity contribution in [3.63, 3.8) is 0 Å². The van der Waals surface area contributed by atoms with E-state index in [1.54, 1.807) is 6.07 Å². The van der Waals surface area contributed by atoms with Crippen molar-refractivity contribution in [1.82, 2.24) is 5.32 Å². The van der Waals surface area contributed by atoms with Crippen LogP contribution in [0.3, 0.4) is 0 Å². The molecule has 1 N–H and O–H groups in total. The SMILES string of the molecule is CCCNC(=O)C1CC1c1cc(Cl)cc(Cl)c1. The zero-order chi connectivity index (χ0) is 12.4. The predicted molar refractivity (Wildman–Crippen MR) is 70.6 cm³/mol. The molecular weight excluding hydrogens is 257 g/mol. The second-order valence-corrected chi connectivity index (χ2v) is 5.32. The molecule has 1 aliphatic rings. The van der Waals surface area contributed by atoms with Crippen LogP contribution in [0.1, 0.15) is 31.2 Å². The molecule has 0 aromatic heterocycles. The average Bonchev–Trinajstić information content (AvgIpc) is 3.04. The van der Waals surface area contributed by atoms with E-state index in [0.29, 0.717) is 10.0 Å². The fourth-order valence-corrected chi connectivity index (χ4v) is 2.56. The van der Waals surface area contributed by atoms with Gasteiger partial charge in [0.25, 0.3) is 0 Å². The summed E-state index contributed by atoms with van der Waals surface area (Å²) >= 11 is 11.9. The summed E-state index contributed by atoms with van der Waals surface area (Å²) < 4.78 is 0. The minimum atomic E-state index is 0.0936. The largest absolute Gasteiger partial charge is 0.356 e. The van der Waals surface area contributed by atoms with Crippen molar-refractivity contribution < 1.29 is 4.79 Å². The lowest BCUT2D eigenvalue weighted by Crippen LogP contribution is -2.25. The highest BCUT2D eigenvalue weighted by Gasteiger charge is 2.43. The van der Waals surface area contributed by atoms with Crippen LogP contribution in [-0.4, -0.2) is 12.5 Å². The average molecular weight is 272 g/mol. The summed E-state index contributed by atoms with van der Waals surface area (Å²) in [6.45, 7) is 2.79. The van der Waals surface area contributed by atoms with Crippen LogP contribution in [0, 0.1) is 5.92 Å². The molecule has 1 saturated carbocycles. The Bertz CT molecular complexity index is 413. The molecule has 1 aromatic rings. The van der Waals surface area contributed by atoms with Gasteiger partial charge in [-0.2, -0.15) is 0 Å². The smallest absolute Gasteiger partial charge is 0.223 e. The Morgan fingerprint density at radius 1 is 1.35 bits per heavy atom. The first kappa shape index (κ1) is 12.7. The van der Waals surface area contributed by atoms with Gasteiger partial charge in [0.1, 0.15) is 0 Å². The molecule has 1 aromatic carbocycles. The van der Waals surface area contributed by atoms with Crippen molar-refractivity contribution in [1.29, 1.82) is 0 Å². The summed E-state index contributed by atoms with van der Waals surface area (Å²) in [7, 11) is 0. The van der Waals surface area contributed by atoms with E-state index in [4.69, 9.17) is 23.2 Å². The van der Waals surface area contributed by atoms with Crippen LogP contribution in [0.25, 0.3) is 0 Å². The lowest BCUT2D eigenvalue weighted by molar-refractivity contribution is -0.122. The number of hydrogen-bond donors (Lipinski definition) is 1. The molecule has 1 aliphatic carbocycles. The molecule has 92 valence electrons. The summed E-state index contributed by atoms with van der Waals surface area (Å²) in [5.41, 5.74) is 1.07. The van der Waals surface area contributed by atoms with Crippen LogP contribution < -0.4 is 5.32 Å². The maximum absolute atomic E-state index is 11.7. The van der Waals surface area contributed by atoms with E-state index < -0.39 is 0 Å². The number of rotatable bonds is 4. The van der Waals surface area contributed by atoms with Crippen molar-refractivity contribution >= 4 is 29.1 Å². The monoisotopic (exact) mass is 271 g/mol. The van der Waals surface area contributed by atoms with E-state index in [1.807, 2.05) is 19.1 Å². The minimum absolute atomic E-state index is 0.0936. The molecule has 2 nitrogen and oxygen atoms in total. The van der Waals surface area contributed by atoms with Gasteiger partial charge >= 0.3 is 0 Å². The van der Waals surface area contributed by atoms with Gasteiger partial charge in [0.15, 0.2) is 0 Å². The Labute approximate surface area is 111 Å². The van der Waals surface area contributed by atoms with Crippen LogP contribution in [-0.2, 0) is 4.79 Å². The van der Waals surface area contributed by atoms with E-state index >= 15 is 0 Å². The van der Waals surface area contributed by atoms with Crippen LogP contribution >= 0.6 is 23.2 Å². The molecule has 0 radical (unpaired) electrons. The number of carbonyl (C=O) groups is 1. The van der Waals surface area contributed by atoms with Crippen molar-refractivity contribution in [2.45, 2.75) is 25.7 Å². The third-order valence-electron chi connectivity index (χ3n) is 2.99. The molecule has 0 aliphatic heterocycles. The molecule has 4 heteroatoms. The quantitative estimate of drug-likeness (QED) is 0.891. The third kappa shape index (κ3) is 3.14. The first-order valence-corrected chi connectivity index (χ1v) is 6.61. The van der Waals surface area contributed by atoms with Crippen LogP contribution in [0.5, 0.6) is 0 Å². The maximum Gasteiger partial charge on any atom is 0.223 e. The van der Waals surface area contributed by atoms with Gasteiger partial charge in [-0.3, -0.25) is 4.79 Å². The number of amides is 1. The maximum atomic E-state index is 11.7. The molecular formula is C13H15Cl2NO. The molecule has 2 rings (SSSR count). The molecule has 0 heterocycles. The van der Waals surface area contributed by atoms with Crippen LogP contribution in [0.2, 0.25) is 10.0 Å².